The molecule has 0 saturated heterocycles. The molecule has 3 heterocycles. The number of pyridine rings is 2. The van der Waals surface area contributed by atoms with Crippen molar-refractivity contribution in [2.45, 2.75) is 6.54 Å². The lowest BCUT2D eigenvalue weighted by Crippen LogP contribution is -2.08. The SMILES string of the molecule is O=c1[nH]cnc2cc(NCc3ccncc3)ncc12. The first-order chi connectivity index (χ1) is 9.33. The van der Waals surface area contributed by atoms with E-state index in [4.69, 9.17) is 0 Å². The summed E-state index contributed by atoms with van der Waals surface area (Å²) in [6.07, 6.45) is 6.39. The number of rotatable bonds is 3. The molecule has 2 N–H and O–H groups in total. The molecule has 0 fully saturated rings. The van der Waals surface area contributed by atoms with Crippen molar-refractivity contribution >= 4 is 16.7 Å². The number of hydrogen-bond acceptors (Lipinski definition) is 5. The highest BCUT2D eigenvalue weighted by Gasteiger charge is 2.02. The van der Waals surface area contributed by atoms with E-state index in [1.165, 1.54) is 12.5 Å². The van der Waals surface area contributed by atoms with E-state index in [1.807, 2.05) is 12.1 Å². The van der Waals surface area contributed by atoms with Gasteiger partial charge in [-0.25, -0.2) is 9.97 Å². The molecule has 3 aromatic heterocycles. The topological polar surface area (TPSA) is 83.6 Å². The van der Waals surface area contributed by atoms with Crippen molar-refractivity contribution in [2.75, 3.05) is 5.32 Å². The Morgan fingerprint density at radius 3 is 2.89 bits per heavy atom. The summed E-state index contributed by atoms with van der Waals surface area (Å²) in [5.41, 5.74) is 1.55. The first-order valence-corrected chi connectivity index (χ1v) is 5.79. The minimum Gasteiger partial charge on any atom is -0.366 e. The maximum absolute atomic E-state index is 11.5. The second-order valence-corrected chi connectivity index (χ2v) is 4.03. The number of hydrogen-bond donors (Lipinski definition) is 2. The highest BCUT2D eigenvalue weighted by Crippen LogP contribution is 2.11. The molecule has 0 saturated carbocycles. The molecule has 0 amide bonds. The van der Waals surface area contributed by atoms with E-state index < -0.39 is 0 Å². The van der Waals surface area contributed by atoms with Crippen LogP contribution in [0.15, 0.2) is 47.9 Å². The molecule has 0 unspecified atom stereocenters. The van der Waals surface area contributed by atoms with Crippen LogP contribution >= 0.6 is 0 Å². The van der Waals surface area contributed by atoms with Crippen LogP contribution in [0.2, 0.25) is 0 Å². The summed E-state index contributed by atoms with van der Waals surface area (Å²) in [6, 6.07) is 5.61. The number of H-pyrrole nitrogens is 1. The lowest BCUT2D eigenvalue weighted by Gasteiger charge is -2.05. The number of nitrogens with one attached hydrogen (secondary N) is 2. The van der Waals surface area contributed by atoms with Gasteiger partial charge < -0.3 is 10.3 Å². The molecule has 0 bridgehead atoms. The number of nitrogens with zero attached hydrogens (tertiary/aromatic N) is 3. The van der Waals surface area contributed by atoms with Crippen LogP contribution in [0.1, 0.15) is 5.56 Å². The number of anilines is 1. The summed E-state index contributed by atoms with van der Waals surface area (Å²) in [5.74, 6) is 0.683. The maximum atomic E-state index is 11.5. The van der Waals surface area contributed by atoms with Crippen LogP contribution in [-0.2, 0) is 6.54 Å². The van der Waals surface area contributed by atoms with Gasteiger partial charge in [-0.2, -0.15) is 0 Å². The van der Waals surface area contributed by atoms with E-state index in [-0.39, 0.29) is 5.56 Å². The summed E-state index contributed by atoms with van der Waals surface area (Å²) < 4.78 is 0. The fourth-order valence-electron chi connectivity index (χ4n) is 1.75. The molecule has 0 aliphatic rings. The van der Waals surface area contributed by atoms with Gasteiger partial charge in [-0.15, -0.1) is 0 Å². The first-order valence-electron chi connectivity index (χ1n) is 5.79. The highest BCUT2D eigenvalue weighted by atomic mass is 16.1. The van der Waals surface area contributed by atoms with E-state index in [1.54, 1.807) is 18.5 Å². The molecular formula is C13H11N5O. The van der Waals surface area contributed by atoms with Gasteiger partial charge in [0.05, 0.1) is 17.2 Å². The van der Waals surface area contributed by atoms with Gasteiger partial charge in [0.1, 0.15) is 5.82 Å². The summed E-state index contributed by atoms with van der Waals surface area (Å²) in [7, 11) is 0. The van der Waals surface area contributed by atoms with Gasteiger partial charge in [0.2, 0.25) is 0 Å². The Hall–Kier alpha value is -2.76. The third kappa shape index (κ3) is 2.42. The molecule has 0 aromatic carbocycles. The molecule has 0 aliphatic carbocycles. The average Bonchev–Trinajstić information content (AvgIpc) is 2.46. The minimum absolute atomic E-state index is 0.182. The molecule has 6 nitrogen and oxygen atoms in total. The van der Waals surface area contributed by atoms with Crippen LogP contribution in [-0.4, -0.2) is 19.9 Å². The number of aromatic nitrogens is 4. The molecule has 0 spiro atoms. The summed E-state index contributed by atoms with van der Waals surface area (Å²) in [6.45, 7) is 0.643. The molecule has 19 heavy (non-hydrogen) atoms. The van der Waals surface area contributed by atoms with Crippen LogP contribution in [0.5, 0.6) is 0 Å². The molecule has 0 radical (unpaired) electrons. The Morgan fingerprint density at radius 2 is 2.05 bits per heavy atom. The fraction of sp³-hybridized carbons (Fsp3) is 0.0769. The van der Waals surface area contributed by atoms with Crippen molar-refractivity contribution in [3.05, 3.63) is 59.0 Å². The first kappa shape index (κ1) is 11.3. The maximum Gasteiger partial charge on any atom is 0.260 e. The van der Waals surface area contributed by atoms with E-state index in [2.05, 4.69) is 25.3 Å². The summed E-state index contributed by atoms with van der Waals surface area (Å²) in [4.78, 5) is 26.3. The normalized spacial score (nSPS) is 10.5. The quantitative estimate of drug-likeness (QED) is 0.735. The molecule has 94 valence electrons. The minimum atomic E-state index is -0.182. The Labute approximate surface area is 108 Å². The Kier molecular flexibility index (Phi) is 2.89. The third-order valence-corrected chi connectivity index (χ3v) is 2.75. The van der Waals surface area contributed by atoms with Gasteiger partial charge >= 0.3 is 0 Å². The number of fused-ring (bicyclic) bond motifs is 1. The summed E-state index contributed by atoms with van der Waals surface area (Å²) >= 11 is 0. The van der Waals surface area contributed by atoms with E-state index in [0.717, 1.165) is 5.56 Å². The van der Waals surface area contributed by atoms with Crippen molar-refractivity contribution in [2.24, 2.45) is 0 Å². The van der Waals surface area contributed by atoms with Gasteiger partial charge in [0.25, 0.3) is 5.56 Å². The third-order valence-electron chi connectivity index (χ3n) is 2.75. The van der Waals surface area contributed by atoms with Crippen LogP contribution in [0.4, 0.5) is 5.82 Å². The molecule has 0 aliphatic heterocycles. The van der Waals surface area contributed by atoms with E-state index >= 15 is 0 Å². The second kappa shape index (κ2) is 4.85. The molecular weight excluding hydrogens is 242 g/mol. The van der Waals surface area contributed by atoms with Crippen LogP contribution in [0.25, 0.3) is 10.9 Å². The smallest absolute Gasteiger partial charge is 0.260 e. The van der Waals surface area contributed by atoms with Crippen molar-refractivity contribution in [1.82, 2.24) is 19.9 Å². The van der Waals surface area contributed by atoms with Crippen molar-refractivity contribution in [3.8, 4) is 0 Å². The van der Waals surface area contributed by atoms with Crippen molar-refractivity contribution in [3.63, 3.8) is 0 Å². The monoisotopic (exact) mass is 253 g/mol. The lowest BCUT2D eigenvalue weighted by molar-refractivity contribution is 1.09. The van der Waals surface area contributed by atoms with Crippen molar-refractivity contribution in [1.29, 1.82) is 0 Å². The van der Waals surface area contributed by atoms with Crippen LogP contribution in [0, 0.1) is 0 Å². The number of aromatic amines is 1. The van der Waals surface area contributed by atoms with Gasteiger partial charge in [-0.05, 0) is 17.7 Å². The van der Waals surface area contributed by atoms with Gasteiger partial charge in [0, 0.05) is 31.2 Å². The predicted octanol–water partition coefficient (Wildman–Crippen LogP) is 1.33. The molecule has 3 rings (SSSR count). The Bertz CT molecular complexity index is 754. The predicted molar refractivity (Wildman–Crippen MR) is 71.7 cm³/mol. The Balaban J connectivity index is 1.84. The summed E-state index contributed by atoms with van der Waals surface area (Å²) in [5, 5.41) is 3.66. The van der Waals surface area contributed by atoms with Gasteiger partial charge in [-0.1, -0.05) is 0 Å². The Morgan fingerprint density at radius 1 is 1.21 bits per heavy atom. The second-order valence-electron chi connectivity index (χ2n) is 4.03. The van der Waals surface area contributed by atoms with Crippen LogP contribution < -0.4 is 10.9 Å². The fourth-order valence-corrected chi connectivity index (χ4v) is 1.75. The van der Waals surface area contributed by atoms with Crippen molar-refractivity contribution < 1.29 is 0 Å². The van der Waals surface area contributed by atoms with Gasteiger partial charge in [0.15, 0.2) is 0 Å². The largest absolute Gasteiger partial charge is 0.366 e. The van der Waals surface area contributed by atoms with Gasteiger partial charge in [-0.3, -0.25) is 9.78 Å². The molecule has 6 heteroatoms. The average molecular weight is 253 g/mol. The standard InChI is InChI=1S/C13H11N5O/c19-13-10-7-16-12(5-11(10)17-8-18-13)15-6-9-1-3-14-4-2-9/h1-5,7-8H,6H2,(H,15,16)(H,17,18,19). The van der Waals surface area contributed by atoms with E-state index in [9.17, 15) is 4.79 Å². The molecule has 3 aromatic rings. The lowest BCUT2D eigenvalue weighted by atomic mass is 10.2. The zero-order valence-corrected chi connectivity index (χ0v) is 10.00. The zero-order chi connectivity index (χ0) is 13.1. The highest BCUT2D eigenvalue weighted by molar-refractivity contribution is 5.78. The zero-order valence-electron chi connectivity index (χ0n) is 10.00. The van der Waals surface area contributed by atoms with E-state index in [0.29, 0.717) is 23.3 Å². The molecule has 0 atom stereocenters. The van der Waals surface area contributed by atoms with Crippen LogP contribution in [0.3, 0.4) is 0 Å².